The maximum absolute atomic E-state index is 13.1. The quantitative estimate of drug-likeness (QED) is 0.668. The number of allylic oxidation sites excluding steroid dienone is 2. The summed E-state index contributed by atoms with van der Waals surface area (Å²) >= 11 is 0. The van der Waals surface area contributed by atoms with Gasteiger partial charge in [0.25, 0.3) is 0 Å². The minimum atomic E-state index is -0.796. The molecule has 1 amide bonds. The van der Waals surface area contributed by atoms with E-state index in [0.29, 0.717) is 17.7 Å². The molecule has 0 fully saturated rings. The molecular weight excluding hydrogens is 306 g/mol. The Bertz CT molecular complexity index is 749. The standard InChI is InChI=1S/C19H21NO4/c1-10-6-4-5-7-12(10)13-9-15(21)20-14-8-11(2)16(19(23)24-3)18(22)17(13)14/h4-7,11,13,16H,8-9H2,1-3H3,(H,20,21)/t11-,13-,16-/m0/s1. The van der Waals surface area contributed by atoms with Gasteiger partial charge in [-0.15, -0.1) is 0 Å². The molecule has 126 valence electrons. The number of benzene rings is 1. The zero-order valence-corrected chi connectivity index (χ0v) is 14.1. The van der Waals surface area contributed by atoms with Crippen LogP contribution >= 0.6 is 0 Å². The molecule has 2 aliphatic rings. The molecule has 1 aliphatic heterocycles. The molecule has 5 heteroatoms. The van der Waals surface area contributed by atoms with E-state index in [-0.39, 0.29) is 29.9 Å². The van der Waals surface area contributed by atoms with Crippen molar-refractivity contribution < 1.29 is 19.1 Å². The summed E-state index contributed by atoms with van der Waals surface area (Å²) in [6.07, 6.45) is 0.715. The number of Topliss-reactive ketones (excluding diaryl/α,β-unsaturated/α-hetero) is 1. The van der Waals surface area contributed by atoms with Crippen LogP contribution < -0.4 is 5.32 Å². The Morgan fingerprint density at radius 1 is 1.21 bits per heavy atom. The molecule has 0 unspecified atom stereocenters. The minimum absolute atomic E-state index is 0.0847. The van der Waals surface area contributed by atoms with Gasteiger partial charge in [0.05, 0.1) is 7.11 Å². The van der Waals surface area contributed by atoms with Crippen molar-refractivity contribution in [2.24, 2.45) is 11.8 Å². The molecule has 1 N–H and O–H groups in total. The van der Waals surface area contributed by atoms with Crippen LogP contribution in [0.15, 0.2) is 35.5 Å². The molecule has 1 heterocycles. The van der Waals surface area contributed by atoms with E-state index in [4.69, 9.17) is 4.74 Å². The summed E-state index contributed by atoms with van der Waals surface area (Å²) in [6, 6.07) is 7.75. The molecule has 0 saturated heterocycles. The summed E-state index contributed by atoms with van der Waals surface area (Å²) in [5.74, 6) is -2.10. The second-order valence-corrected chi connectivity index (χ2v) is 6.60. The van der Waals surface area contributed by atoms with Crippen molar-refractivity contribution in [3.63, 3.8) is 0 Å². The lowest BCUT2D eigenvalue weighted by molar-refractivity contribution is -0.151. The fourth-order valence-corrected chi connectivity index (χ4v) is 3.84. The van der Waals surface area contributed by atoms with Gasteiger partial charge in [0.15, 0.2) is 5.78 Å². The predicted octanol–water partition coefficient (Wildman–Crippen LogP) is 2.25. The highest BCUT2D eigenvalue weighted by molar-refractivity contribution is 6.11. The highest BCUT2D eigenvalue weighted by atomic mass is 16.5. The van der Waals surface area contributed by atoms with Crippen molar-refractivity contribution in [2.75, 3.05) is 7.11 Å². The fourth-order valence-electron chi connectivity index (χ4n) is 3.84. The first-order valence-corrected chi connectivity index (χ1v) is 8.14. The molecule has 1 aromatic carbocycles. The average Bonchev–Trinajstić information content (AvgIpc) is 2.53. The molecule has 3 rings (SSSR count). The molecule has 0 radical (unpaired) electrons. The van der Waals surface area contributed by atoms with E-state index in [0.717, 1.165) is 11.1 Å². The second kappa shape index (κ2) is 6.23. The number of carbonyl (C=O) groups excluding carboxylic acids is 3. The number of rotatable bonds is 2. The molecule has 1 aromatic rings. The van der Waals surface area contributed by atoms with Crippen LogP contribution in [-0.4, -0.2) is 24.8 Å². The monoisotopic (exact) mass is 327 g/mol. The van der Waals surface area contributed by atoms with E-state index in [1.807, 2.05) is 38.1 Å². The van der Waals surface area contributed by atoms with Gasteiger partial charge in [0.2, 0.25) is 5.91 Å². The lowest BCUT2D eigenvalue weighted by Crippen LogP contribution is -2.44. The van der Waals surface area contributed by atoms with E-state index >= 15 is 0 Å². The first-order valence-electron chi connectivity index (χ1n) is 8.14. The van der Waals surface area contributed by atoms with E-state index in [1.165, 1.54) is 7.11 Å². The van der Waals surface area contributed by atoms with Crippen LogP contribution in [0.1, 0.15) is 36.8 Å². The third-order valence-electron chi connectivity index (χ3n) is 5.02. The van der Waals surface area contributed by atoms with Crippen LogP contribution in [0.25, 0.3) is 0 Å². The van der Waals surface area contributed by atoms with Gasteiger partial charge >= 0.3 is 5.97 Å². The Hall–Kier alpha value is -2.43. The van der Waals surface area contributed by atoms with Gasteiger partial charge in [0, 0.05) is 23.6 Å². The number of esters is 1. The lowest BCUT2D eigenvalue weighted by atomic mass is 9.70. The highest BCUT2D eigenvalue weighted by Gasteiger charge is 2.45. The number of ether oxygens (including phenoxy) is 1. The lowest BCUT2D eigenvalue weighted by Gasteiger charge is -2.36. The van der Waals surface area contributed by atoms with Crippen LogP contribution in [0, 0.1) is 18.8 Å². The summed E-state index contributed by atoms with van der Waals surface area (Å²) in [7, 11) is 1.30. The fraction of sp³-hybridized carbons (Fsp3) is 0.421. The Balaban J connectivity index is 2.10. The molecule has 0 bridgehead atoms. The van der Waals surface area contributed by atoms with Gasteiger partial charge in [-0.05, 0) is 30.4 Å². The van der Waals surface area contributed by atoms with E-state index < -0.39 is 11.9 Å². The average molecular weight is 327 g/mol. The zero-order valence-electron chi connectivity index (χ0n) is 14.1. The van der Waals surface area contributed by atoms with Crippen LogP contribution in [0.2, 0.25) is 0 Å². The van der Waals surface area contributed by atoms with Crippen molar-refractivity contribution >= 4 is 17.7 Å². The number of carbonyl (C=O) groups is 3. The van der Waals surface area contributed by atoms with Crippen LogP contribution in [0.4, 0.5) is 0 Å². The molecule has 1 aliphatic carbocycles. The molecular formula is C19H21NO4. The summed E-state index contributed by atoms with van der Waals surface area (Å²) in [6.45, 7) is 3.81. The molecule has 3 atom stereocenters. The maximum atomic E-state index is 13.1. The predicted molar refractivity (Wildman–Crippen MR) is 88.0 cm³/mol. The Morgan fingerprint density at radius 3 is 2.58 bits per heavy atom. The second-order valence-electron chi connectivity index (χ2n) is 6.60. The Kier molecular flexibility index (Phi) is 4.26. The van der Waals surface area contributed by atoms with Gasteiger partial charge in [-0.1, -0.05) is 31.2 Å². The third kappa shape index (κ3) is 2.64. The maximum Gasteiger partial charge on any atom is 0.316 e. The van der Waals surface area contributed by atoms with Gasteiger partial charge in [-0.3, -0.25) is 14.4 Å². The topological polar surface area (TPSA) is 72.5 Å². The molecule has 24 heavy (non-hydrogen) atoms. The number of hydrogen-bond donors (Lipinski definition) is 1. The van der Waals surface area contributed by atoms with Crippen LogP contribution in [0.3, 0.4) is 0 Å². The van der Waals surface area contributed by atoms with E-state index in [9.17, 15) is 14.4 Å². The first-order chi connectivity index (χ1) is 11.4. The largest absolute Gasteiger partial charge is 0.468 e. The number of hydrogen-bond acceptors (Lipinski definition) is 4. The number of aryl methyl sites for hydroxylation is 1. The summed E-state index contributed by atoms with van der Waals surface area (Å²) in [5, 5.41) is 2.84. The summed E-state index contributed by atoms with van der Waals surface area (Å²) in [5.41, 5.74) is 3.23. The smallest absolute Gasteiger partial charge is 0.316 e. The number of methoxy groups -OCH3 is 1. The van der Waals surface area contributed by atoms with Crippen LogP contribution in [0.5, 0.6) is 0 Å². The number of nitrogens with one attached hydrogen (secondary N) is 1. The Labute approximate surface area is 141 Å². The van der Waals surface area contributed by atoms with Crippen LogP contribution in [-0.2, 0) is 19.1 Å². The van der Waals surface area contributed by atoms with E-state index in [2.05, 4.69) is 5.32 Å². The molecule has 0 spiro atoms. The summed E-state index contributed by atoms with van der Waals surface area (Å²) in [4.78, 5) is 37.3. The number of ketones is 1. The highest BCUT2D eigenvalue weighted by Crippen LogP contribution is 2.42. The minimum Gasteiger partial charge on any atom is -0.468 e. The summed E-state index contributed by atoms with van der Waals surface area (Å²) < 4.78 is 4.83. The molecule has 5 nitrogen and oxygen atoms in total. The van der Waals surface area contributed by atoms with Gasteiger partial charge in [-0.25, -0.2) is 0 Å². The van der Waals surface area contributed by atoms with E-state index in [1.54, 1.807) is 0 Å². The SMILES string of the molecule is COC(=O)[C@@H]1C(=O)C2=C(C[C@@H]1C)NC(=O)C[C@H]2c1ccccc1C. The molecule has 0 aromatic heterocycles. The first kappa shape index (κ1) is 16.4. The zero-order chi connectivity index (χ0) is 17.4. The van der Waals surface area contributed by atoms with Gasteiger partial charge in [0.1, 0.15) is 5.92 Å². The van der Waals surface area contributed by atoms with Gasteiger partial charge in [-0.2, -0.15) is 0 Å². The van der Waals surface area contributed by atoms with Crippen molar-refractivity contribution in [1.82, 2.24) is 5.32 Å². The Morgan fingerprint density at radius 2 is 1.92 bits per heavy atom. The number of amides is 1. The third-order valence-corrected chi connectivity index (χ3v) is 5.02. The van der Waals surface area contributed by atoms with Crippen molar-refractivity contribution in [2.45, 2.75) is 32.6 Å². The van der Waals surface area contributed by atoms with Crippen molar-refractivity contribution in [3.05, 3.63) is 46.7 Å². The van der Waals surface area contributed by atoms with Crippen molar-refractivity contribution in [1.29, 1.82) is 0 Å². The molecule has 0 saturated carbocycles. The normalized spacial score (nSPS) is 26.7. The van der Waals surface area contributed by atoms with Crippen molar-refractivity contribution in [3.8, 4) is 0 Å². The van der Waals surface area contributed by atoms with Gasteiger partial charge < -0.3 is 10.1 Å².